The van der Waals surface area contributed by atoms with Crippen molar-refractivity contribution in [2.24, 2.45) is 7.05 Å². The van der Waals surface area contributed by atoms with Gasteiger partial charge in [-0.3, -0.25) is 0 Å². The largest absolute Gasteiger partial charge is 0.456 e. The number of rotatable bonds is 3. The van der Waals surface area contributed by atoms with E-state index in [2.05, 4.69) is 10.9 Å². The number of nitrogens with zero attached hydrogens (tertiary/aromatic N) is 2. The summed E-state index contributed by atoms with van der Waals surface area (Å²) in [6.07, 6.45) is 0. The molecule has 0 fully saturated rings. The number of pyridine rings is 1. The van der Waals surface area contributed by atoms with Gasteiger partial charge in [0.2, 0.25) is 5.69 Å². The van der Waals surface area contributed by atoms with Crippen molar-refractivity contribution in [3.63, 3.8) is 0 Å². The zero-order valence-corrected chi connectivity index (χ0v) is 20.1. The van der Waals surface area contributed by atoms with Gasteiger partial charge in [0.25, 0.3) is 0 Å². The molecule has 0 bridgehead atoms. The average molecular weight is 450 g/mol. The van der Waals surface area contributed by atoms with Crippen molar-refractivity contribution in [1.82, 2.24) is 0 Å². The van der Waals surface area contributed by atoms with Gasteiger partial charge in [0.1, 0.15) is 18.2 Å². The first kappa shape index (κ1) is 17.6. The smallest absolute Gasteiger partial charge is 0.216 e. The number of hydrogen-bond acceptors (Lipinski definition) is 1. The molecule has 3 heteroatoms. The molecule has 0 N–H and O–H groups in total. The fourth-order valence-electron chi connectivity index (χ4n) is 4.81. The fourth-order valence-corrected chi connectivity index (χ4v) is 4.81. The minimum Gasteiger partial charge on any atom is -0.456 e. The van der Waals surface area contributed by atoms with E-state index in [0.29, 0.717) is 28.1 Å². The highest BCUT2D eigenvalue weighted by Crippen LogP contribution is 2.44. The molecule has 0 radical (unpaired) electrons. The number of hydrogen-bond donors (Lipinski definition) is 0. The summed E-state index contributed by atoms with van der Waals surface area (Å²) in [6, 6.07) is 19.6. The molecular formula is C31H29N2O+. The van der Waals surface area contributed by atoms with Crippen LogP contribution in [0, 0.1) is 27.3 Å². The Kier molecular flexibility index (Phi) is 4.21. The van der Waals surface area contributed by atoms with E-state index in [1.165, 1.54) is 6.92 Å². The third-order valence-corrected chi connectivity index (χ3v) is 6.78. The summed E-state index contributed by atoms with van der Waals surface area (Å²) in [5.41, 5.74) is 8.68. The van der Waals surface area contributed by atoms with Gasteiger partial charge in [-0.05, 0) is 36.9 Å². The molecule has 0 spiro atoms. The van der Waals surface area contributed by atoms with E-state index in [0.717, 1.165) is 44.3 Å². The van der Waals surface area contributed by atoms with Gasteiger partial charge in [-0.15, -0.1) is 0 Å². The van der Waals surface area contributed by atoms with E-state index in [9.17, 15) is 0 Å². The minimum absolute atomic E-state index is 0.460. The van der Waals surface area contributed by atoms with E-state index in [4.69, 9.17) is 16.5 Å². The lowest BCUT2D eigenvalue weighted by atomic mass is 9.96. The molecular weight excluding hydrogens is 416 g/mol. The van der Waals surface area contributed by atoms with Crippen molar-refractivity contribution in [2.45, 2.75) is 40.4 Å². The lowest BCUT2D eigenvalue weighted by Gasteiger charge is -2.11. The molecule has 34 heavy (non-hydrogen) atoms. The van der Waals surface area contributed by atoms with Crippen molar-refractivity contribution in [3.05, 3.63) is 94.5 Å². The van der Waals surface area contributed by atoms with Crippen LogP contribution < -0.4 is 4.57 Å². The van der Waals surface area contributed by atoms with Gasteiger partial charge in [0.05, 0.1) is 12.1 Å². The van der Waals surface area contributed by atoms with Crippen molar-refractivity contribution < 1.29 is 14.5 Å². The van der Waals surface area contributed by atoms with Gasteiger partial charge in [0.15, 0.2) is 11.4 Å². The summed E-state index contributed by atoms with van der Waals surface area (Å²) in [5, 5.41) is 1.88. The lowest BCUT2D eigenvalue weighted by Crippen LogP contribution is -2.36. The van der Waals surface area contributed by atoms with Crippen LogP contribution in [0.25, 0.3) is 49.2 Å². The maximum atomic E-state index is 8.62. The van der Waals surface area contributed by atoms with Crippen LogP contribution in [0.5, 0.6) is 0 Å². The van der Waals surface area contributed by atoms with Gasteiger partial charge >= 0.3 is 0 Å². The molecule has 2 heterocycles. The topological polar surface area (TPSA) is 21.4 Å². The molecule has 5 aromatic rings. The molecule has 1 atom stereocenters. The van der Waals surface area contributed by atoms with E-state index >= 15 is 0 Å². The monoisotopic (exact) mass is 449 g/mol. The van der Waals surface area contributed by atoms with Crippen LogP contribution >= 0.6 is 0 Å². The van der Waals surface area contributed by atoms with Crippen molar-refractivity contribution >= 4 is 27.6 Å². The van der Waals surface area contributed by atoms with Crippen molar-refractivity contribution in [3.8, 4) is 22.4 Å². The predicted octanol–water partition coefficient (Wildman–Crippen LogP) is 8.34. The maximum Gasteiger partial charge on any atom is 0.216 e. The summed E-state index contributed by atoms with van der Waals surface area (Å²) in [7, 11) is 1.89. The van der Waals surface area contributed by atoms with Crippen molar-refractivity contribution in [1.29, 1.82) is 0 Å². The summed E-state index contributed by atoms with van der Waals surface area (Å²) < 4.78 is 40.9. The molecule has 0 saturated heterocycles. The van der Waals surface area contributed by atoms with E-state index < -0.39 is 12.7 Å². The summed E-state index contributed by atoms with van der Waals surface area (Å²) in [4.78, 5) is 3.79. The average Bonchev–Trinajstić information content (AvgIpc) is 3.23. The summed E-state index contributed by atoms with van der Waals surface area (Å²) in [6.45, 7) is 12.7. The quantitative estimate of drug-likeness (QED) is 0.200. The Morgan fingerprint density at radius 2 is 1.59 bits per heavy atom. The number of fused-ring (bicyclic) bond motifs is 3. The van der Waals surface area contributed by atoms with Gasteiger partial charge in [-0.2, -0.15) is 4.57 Å². The highest BCUT2D eigenvalue weighted by molar-refractivity contribution is 6.15. The molecule has 3 aromatic carbocycles. The first-order valence-corrected chi connectivity index (χ1v) is 11.3. The number of furan rings is 1. The lowest BCUT2D eigenvalue weighted by molar-refractivity contribution is -0.667. The second-order valence-electron chi connectivity index (χ2n) is 8.95. The molecule has 168 valence electrons. The molecule has 3 nitrogen and oxygen atoms in total. The van der Waals surface area contributed by atoms with Crippen LogP contribution in [-0.4, -0.2) is 0 Å². The Hall–Kier alpha value is -3.90. The second-order valence-corrected chi connectivity index (χ2v) is 8.95. The standard InChI is InChI=1S/C31H29N2O/c1-18(2)23-15-17-27(33(7)21(23)5)28-20(4)10-13-24-25-14-16-26(32-6)29(31(25)34-30(24)28)22-11-8-19(3)9-12-22/h8-18H,1-5,7H3/q+1/i1D3,18D. The van der Waals surface area contributed by atoms with Gasteiger partial charge in [-0.25, -0.2) is 4.85 Å². The summed E-state index contributed by atoms with van der Waals surface area (Å²) in [5.74, 6) is -1.74. The molecule has 0 aliphatic heterocycles. The van der Waals surface area contributed by atoms with Crippen LogP contribution in [0.1, 0.15) is 47.5 Å². The SMILES string of the molecule is [2H]C([2H])([2H])C([2H])(C)c1ccc(-c2c(C)ccc3c2oc2c(-c4ccc(C)cc4)c([N+]#[C-])ccc23)[n+](C)c1C. The maximum absolute atomic E-state index is 8.62. The Bertz CT molecular complexity index is 1770. The van der Waals surface area contributed by atoms with Crippen LogP contribution in [0.3, 0.4) is 0 Å². The van der Waals surface area contributed by atoms with Crippen LogP contribution in [0.4, 0.5) is 5.69 Å². The highest BCUT2D eigenvalue weighted by Gasteiger charge is 2.25. The van der Waals surface area contributed by atoms with Crippen LogP contribution in [0.15, 0.2) is 65.1 Å². The molecule has 2 aromatic heterocycles. The van der Waals surface area contributed by atoms with E-state index in [1.807, 2.05) is 80.9 Å². The van der Waals surface area contributed by atoms with E-state index in [1.54, 1.807) is 6.07 Å². The molecule has 1 unspecified atom stereocenters. The van der Waals surface area contributed by atoms with E-state index in [-0.39, 0.29) is 0 Å². The van der Waals surface area contributed by atoms with Gasteiger partial charge in [-0.1, -0.05) is 67.9 Å². The predicted molar refractivity (Wildman–Crippen MR) is 140 cm³/mol. The summed E-state index contributed by atoms with van der Waals surface area (Å²) >= 11 is 0. The first-order valence-electron chi connectivity index (χ1n) is 13.3. The molecule has 0 amide bonds. The molecule has 0 aliphatic carbocycles. The Balaban J connectivity index is 1.82. The molecule has 5 rings (SSSR count). The first-order chi connectivity index (χ1) is 17.9. The second kappa shape index (κ2) is 8.15. The Labute approximate surface area is 206 Å². The normalized spacial score (nSPS) is 15.3. The van der Waals surface area contributed by atoms with Gasteiger partial charge in [0, 0.05) is 40.4 Å². The number of benzene rings is 3. The number of aryl methyl sites for hydroxylation is 2. The van der Waals surface area contributed by atoms with Gasteiger partial charge < -0.3 is 4.42 Å². The molecule has 0 aliphatic rings. The number of aromatic nitrogens is 1. The third kappa shape index (κ3) is 3.30. The zero-order chi connectivity index (χ0) is 27.6. The zero-order valence-electron chi connectivity index (χ0n) is 24.1. The van der Waals surface area contributed by atoms with Crippen molar-refractivity contribution in [2.75, 3.05) is 0 Å². The molecule has 0 saturated carbocycles. The minimum atomic E-state index is -2.46. The Morgan fingerprint density at radius 1 is 0.912 bits per heavy atom. The Morgan fingerprint density at radius 3 is 2.26 bits per heavy atom. The third-order valence-electron chi connectivity index (χ3n) is 6.78. The highest BCUT2D eigenvalue weighted by atomic mass is 16.3. The fraction of sp³-hybridized carbons (Fsp3) is 0.226. The van der Waals surface area contributed by atoms with Crippen LogP contribution in [-0.2, 0) is 7.05 Å². The van der Waals surface area contributed by atoms with Crippen LogP contribution in [0.2, 0.25) is 0 Å².